The third kappa shape index (κ3) is 3.72. The Hall–Kier alpha value is -1.56. The fourth-order valence-corrected chi connectivity index (χ4v) is 2.34. The minimum atomic E-state index is -4.38. The lowest BCUT2D eigenvalue weighted by atomic mass is 9.91. The second-order valence-electron chi connectivity index (χ2n) is 5.16. The van der Waals surface area contributed by atoms with Crippen LogP contribution in [0.4, 0.5) is 13.2 Å². The monoisotopic (exact) mass is 286 g/mol. The first-order valence-corrected chi connectivity index (χ1v) is 6.60. The van der Waals surface area contributed by atoms with Crippen molar-refractivity contribution in [2.75, 3.05) is 0 Å². The number of alkyl halides is 3. The second-order valence-corrected chi connectivity index (χ2v) is 5.16. The minimum absolute atomic E-state index is 0.0598. The number of carbonyl (C=O) groups excluding carboxylic acids is 1. The normalized spacial score (nSPS) is 23.4. The zero-order valence-electron chi connectivity index (χ0n) is 10.9. The Morgan fingerprint density at radius 2 is 1.65 bits per heavy atom. The Labute approximate surface area is 115 Å². The van der Waals surface area contributed by atoms with Crippen LogP contribution in [0, 0.1) is 0 Å². The molecule has 2 rings (SSSR count). The van der Waals surface area contributed by atoms with Gasteiger partial charge in [-0.1, -0.05) is 0 Å². The van der Waals surface area contributed by atoms with Crippen molar-refractivity contribution < 1.29 is 18.0 Å². The van der Waals surface area contributed by atoms with Crippen LogP contribution in [0.2, 0.25) is 0 Å². The van der Waals surface area contributed by atoms with Crippen LogP contribution in [0.1, 0.15) is 41.6 Å². The van der Waals surface area contributed by atoms with Gasteiger partial charge in [0.25, 0.3) is 5.91 Å². The molecule has 0 spiro atoms. The lowest BCUT2D eigenvalue weighted by Gasteiger charge is -2.26. The van der Waals surface area contributed by atoms with Gasteiger partial charge in [-0.3, -0.25) is 4.79 Å². The average molecular weight is 286 g/mol. The maximum Gasteiger partial charge on any atom is 0.416 e. The van der Waals surface area contributed by atoms with Crippen LogP contribution in [0.15, 0.2) is 24.3 Å². The molecule has 1 aliphatic rings. The van der Waals surface area contributed by atoms with Crippen LogP contribution in [-0.2, 0) is 6.18 Å². The molecule has 6 heteroatoms. The predicted octanol–water partition coefficient (Wildman–Crippen LogP) is 2.71. The quantitative estimate of drug-likeness (QED) is 0.878. The van der Waals surface area contributed by atoms with Crippen LogP contribution in [0.3, 0.4) is 0 Å². The molecule has 0 bridgehead atoms. The van der Waals surface area contributed by atoms with E-state index in [-0.39, 0.29) is 23.6 Å². The molecule has 1 aromatic rings. The highest BCUT2D eigenvalue weighted by Gasteiger charge is 2.30. The summed E-state index contributed by atoms with van der Waals surface area (Å²) >= 11 is 0. The van der Waals surface area contributed by atoms with Gasteiger partial charge in [0.2, 0.25) is 0 Å². The SMILES string of the molecule is NC1CCC(NC(=O)c2ccc(C(F)(F)F)cc2)CC1. The highest BCUT2D eigenvalue weighted by molar-refractivity contribution is 5.94. The van der Waals surface area contributed by atoms with E-state index in [2.05, 4.69) is 5.32 Å². The van der Waals surface area contributed by atoms with Crippen molar-refractivity contribution in [3.8, 4) is 0 Å². The zero-order chi connectivity index (χ0) is 14.8. The molecule has 0 aromatic heterocycles. The van der Waals surface area contributed by atoms with Gasteiger partial charge in [-0.15, -0.1) is 0 Å². The zero-order valence-corrected chi connectivity index (χ0v) is 10.9. The van der Waals surface area contributed by atoms with Crippen molar-refractivity contribution >= 4 is 5.91 Å². The van der Waals surface area contributed by atoms with Crippen LogP contribution in [-0.4, -0.2) is 18.0 Å². The molecule has 1 aromatic carbocycles. The third-order valence-electron chi connectivity index (χ3n) is 3.58. The van der Waals surface area contributed by atoms with E-state index in [0.717, 1.165) is 37.8 Å². The second kappa shape index (κ2) is 5.83. The van der Waals surface area contributed by atoms with Gasteiger partial charge in [0.05, 0.1) is 5.56 Å². The minimum Gasteiger partial charge on any atom is -0.349 e. The molecule has 0 aliphatic heterocycles. The molecular weight excluding hydrogens is 269 g/mol. The lowest BCUT2D eigenvalue weighted by molar-refractivity contribution is -0.137. The first kappa shape index (κ1) is 14.8. The number of carbonyl (C=O) groups is 1. The van der Waals surface area contributed by atoms with Gasteiger partial charge >= 0.3 is 6.18 Å². The summed E-state index contributed by atoms with van der Waals surface area (Å²) in [6, 6.07) is 4.50. The molecule has 0 atom stereocenters. The van der Waals surface area contributed by atoms with Gasteiger partial charge in [-0.05, 0) is 49.9 Å². The number of rotatable bonds is 2. The van der Waals surface area contributed by atoms with Gasteiger partial charge in [0, 0.05) is 17.6 Å². The van der Waals surface area contributed by atoms with Crippen molar-refractivity contribution in [3.63, 3.8) is 0 Å². The number of benzene rings is 1. The van der Waals surface area contributed by atoms with E-state index in [1.165, 1.54) is 12.1 Å². The van der Waals surface area contributed by atoms with E-state index in [1.807, 2.05) is 0 Å². The molecular formula is C14H17F3N2O. The molecule has 20 heavy (non-hydrogen) atoms. The fourth-order valence-electron chi connectivity index (χ4n) is 2.34. The summed E-state index contributed by atoms with van der Waals surface area (Å²) in [6.45, 7) is 0. The molecule has 1 aliphatic carbocycles. The molecule has 0 radical (unpaired) electrons. The highest BCUT2D eigenvalue weighted by Crippen LogP contribution is 2.29. The van der Waals surface area contributed by atoms with Gasteiger partial charge < -0.3 is 11.1 Å². The largest absolute Gasteiger partial charge is 0.416 e. The van der Waals surface area contributed by atoms with Crippen molar-refractivity contribution in [2.45, 2.75) is 43.9 Å². The number of hydrogen-bond donors (Lipinski definition) is 2. The van der Waals surface area contributed by atoms with Crippen molar-refractivity contribution in [1.82, 2.24) is 5.32 Å². The lowest BCUT2D eigenvalue weighted by Crippen LogP contribution is -2.40. The molecule has 0 heterocycles. The number of amides is 1. The summed E-state index contributed by atoms with van der Waals surface area (Å²) in [6.07, 6.45) is -1.04. The number of hydrogen-bond acceptors (Lipinski definition) is 2. The summed E-state index contributed by atoms with van der Waals surface area (Å²) < 4.78 is 37.3. The van der Waals surface area contributed by atoms with Crippen LogP contribution in [0.5, 0.6) is 0 Å². The smallest absolute Gasteiger partial charge is 0.349 e. The topological polar surface area (TPSA) is 55.1 Å². The van der Waals surface area contributed by atoms with Crippen LogP contribution in [0.25, 0.3) is 0 Å². The fraction of sp³-hybridized carbons (Fsp3) is 0.500. The Balaban J connectivity index is 1.96. The van der Waals surface area contributed by atoms with Crippen molar-refractivity contribution in [2.24, 2.45) is 5.73 Å². The maximum atomic E-state index is 12.4. The Kier molecular flexibility index (Phi) is 4.32. The van der Waals surface area contributed by atoms with E-state index in [0.29, 0.717) is 0 Å². The number of nitrogens with two attached hydrogens (primary N) is 1. The Bertz CT molecular complexity index is 462. The Morgan fingerprint density at radius 1 is 1.10 bits per heavy atom. The summed E-state index contributed by atoms with van der Waals surface area (Å²) in [5.74, 6) is -0.334. The average Bonchev–Trinajstić information content (AvgIpc) is 2.40. The molecule has 3 N–H and O–H groups in total. The van der Waals surface area contributed by atoms with E-state index in [4.69, 9.17) is 5.73 Å². The molecule has 0 unspecified atom stereocenters. The molecule has 1 amide bonds. The van der Waals surface area contributed by atoms with Crippen molar-refractivity contribution in [1.29, 1.82) is 0 Å². The molecule has 110 valence electrons. The summed E-state index contributed by atoms with van der Waals surface area (Å²) in [5.41, 5.74) is 5.27. The third-order valence-corrected chi connectivity index (χ3v) is 3.58. The summed E-state index contributed by atoms with van der Waals surface area (Å²) in [7, 11) is 0. The predicted molar refractivity (Wildman–Crippen MR) is 69.1 cm³/mol. The maximum absolute atomic E-state index is 12.4. The standard InChI is InChI=1S/C14H17F3N2O/c15-14(16,17)10-3-1-9(2-4-10)13(20)19-12-7-5-11(18)6-8-12/h1-4,11-12H,5-8,18H2,(H,19,20). The highest BCUT2D eigenvalue weighted by atomic mass is 19.4. The first-order chi connectivity index (χ1) is 9.36. The van der Waals surface area contributed by atoms with Gasteiger partial charge in [-0.25, -0.2) is 0 Å². The number of halogens is 3. The Morgan fingerprint density at radius 3 is 2.15 bits per heavy atom. The van der Waals surface area contributed by atoms with E-state index >= 15 is 0 Å². The van der Waals surface area contributed by atoms with Gasteiger partial charge in [0.15, 0.2) is 0 Å². The van der Waals surface area contributed by atoms with E-state index in [1.54, 1.807) is 0 Å². The molecule has 3 nitrogen and oxygen atoms in total. The van der Waals surface area contributed by atoms with Crippen LogP contribution < -0.4 is 11.1 Å². The van der Waals surface area contributed by atoms with Gasteiger partial charge in [-0.2, -0.15) is 13.2 Å². The molecule has 1 saturated carbocycles. The van der Waals surface area contributed by atoms with E-state index < -0.39 is 11.7 Å². The number of nitrogens with one attached hydrogen (secondary N) is 1. The van der Waals surface area contributed by atoms with Gasteiger partial charge in [0.1, 0.15) is 0 Å². The van der Waals surface area contributed by atoms with E-state index in [9.17, 15) is 18.0 Å². The van der Waals surface area contributed by atoms with Crippen LogP contribution >= 0.6 is 0 Å². The summed E-state index contributed by atoms with van der Waals surface area (Å²) in [5, 5.41) is 2.84. The summed E-state index contributed by atoms with van der Waals surface area (Å²) in [4.78, 5) is 11.9. The van der Waals surface area contributed by atoms with Crippen molar-refractivity contribution in [3.05, 3.63) is 35.4 Å². The molecule has 0 saturated heterocycles. The molecule has 1 fully saturated rings. The first-order valence-electron chi connectivity index (χ1n) is 6.60.